The van der Waals surface area contributed by atoms with Gasteiger partial charge in [-0.15, -0.1) is 0 Å². The van der Waals surface area contributed by atoms with Gasteiger partial charge in [-0.3, -0.25) is 4.68 Å². The number of nitrogens with one attached hydrogen (secondary N) is 1. The smallest absolute Gasteiger partial charge is 0.322 e. The van der Waals surface area contributed by atoms with Crippen LogP contribution in [0, 0.1) is 0 Å². The number of benzene rings is 1. The molecule has 1 aliphatic rings. The fourth-order valence-corrected chi connectivity index (χ4v) is 4.21. The molecule has 0 unspecified atom stereocenters. The number of anilines is 1. The van der Waals surface area contributed by atoms with Gasteiger partial charge in [-0.25, -0.2) is 13.2 Å². The van der Waals surface area contributed by atoms with Crippen LogP contribution in [0.15, 0.2) is 41.6 Å². The van der Waals surface area contributed by atoms with Crippen molar-refractivity contribution >= 4 is 21.7 Å². The van der Waals surface area contributed by atoms with Crippen molar-refractivity contribution in [2.24, 2.45) is 7.05 Å². The molecule has 2 heterocycles. The lowest BCUT2D eigenvalue weighted by Crippen LogP contribution is -2.51. The highest BCUT2D eigenvalue weighted by Crippen LogP contribution is 2.30. The number of carbonyl (C=O) groups excluding carboxylic acids is 1. The molecule has 2 aromatic rings. The topological polar surface area (TPSA) is 87.5 Å². The molecule has 0 saturated carbocycles. The van der Waals surface area contributed by atoms with Gasteiger partial charge in [0, 0.05) is 39.4 Å². The fraction of sp³-hybridized carbons (Fsp3) is 0.375. The van der Waals surface area contributed by atoms with E-state index >= 15 is 0 Å². The van der Waals surface area contributed by atoms with Gasteiger partial charge in [0.15, 0.2) is 0 Å². The Bertz CT molecular complexity index is 949. The summed E-state index contributed by atoms with van der Waals surface area (Å²) in [6, 6.07) is 2.99. The lowest BCUT2D eigenvalue weighted by Gasteiger charge is -2.33. The van der Waals surface area contributed by atoms with Crippen LogP contribution in [0.5, 0.6) is 0 Å². The van der Waals surface area contributed by atoms with Crippen LogP contribution >= 0.6 is 0 Å². The van der Waals surface area contributed by atoms with Crippen molar-refractivity contribution in [1.29, 1.82) is 0 Å². The van der Waals surface area contributed by atoms with Gasteiger partial charge in [0.05, 0.1) is 22.3 Å². The Morgan fingerprint density at radius 1 is 1.11 bits per heavy atom. The Kier molecular flexibility index (Phi) is 5.35. The Hall–Kier alpha value is -2.60. The molecule has 12 heteroatoms. The average molecular weight is 417 g/mol. The third-order valence-electron chi connectivity index (χ3n) is 4.30. The summed E-state index contributed by atoms with van der Waals surface area (Å²) in [4.78, 5) is 13.5. The Balaban J connectivity index is 1.62. The first kappa shape index (κ1) is 20.1. The number of hydrogen-bond donors (Lipinski definition) is 1. The lowest BCUT2D eigenvalue weighted by atomic mass is 10.2. The third kappa shape index (κ3) is 4.28. The number of rotatable bonds is 3. The SMILES string of the molecule is Cn1cc(NC(=O)N2CCN(S(=O)(=O)c3ccc(C(F)(F)F)cc3)CC2)cn1. The van der Waals surface area contributed by atoms with Crippen LogP contribution in [-0.4, -0.2) is 59.6 Å². The standard InChI is InChI=1S/C16H18F3N5O3S/c1-22-11-13(10-20-22)21-15(25)23-6-8-24(9-7-23)28(26,27)14-4-2-12(3-5-14)16(17,18)19/h2-5,10-11H,6-9H2,1H3,(H,21,25). The van der Waals surface area contributed by atoms with Gasteiger partial charge in [0.2, 0.25) is 10.0 Å². The summed E-state index contributed by atoms with van der Waals surface area (Å²) < 4.78 is 65.9. The molecule has 1 fully saturated rings. The normalized spacial score (nSPS) is 16.2. The summed E-state index contributed by atoms with van der Waals surface area (Å²) in [6.07, 6.45) is -1.41. The van der Waals surface area contributed by atoms with Crippen LogP contribution < -0.4 is 5.32 Å². The maximum Gasteiger partial charge on any atom is 0.416 e. The van der Waals surface area contributed by atoms with E-state index in [-0.39, 0.29) is 37.1 Å². The maximum atomic E-state index is 12.6. The molecule has 3 rings (SSSR count). The van der Waals surface area contributed by atoms with Gasteiger partial charge in [-0.05, 0) is 24.3 Å². The molecule has 0 aliphatic carbocycles. The zero-order chi connectivity index (χ0) is 20.5. The van der Waals surface area contributed by atoms with E-state index < -0.39 is 21.8 Å². The molecule has 0 bridgehead atoms. The van der Waals surface area contributed by atoms with Crippen LogP contribution in [0.1, 0.15) is 5.56 Å². The summed E-state index contributed by atoms with van der Waals surface area (Å²) in [5.41, 5.74) is -0.393. The Morgan fingerprint density at radius 3 is 2.21 bits per heavy atom. The number of nitrogens with zero attached hydrogens (tertiary/aromatic N) is 4. The largest absolute Gasteiger partial charge is 0.416 e. The third-order valence-corrected chi connectivity index (χ3v) is 6.21. The summed E-state index contributed by atoms with van der Waals surface area (Å²) in [7, 11) is -2.23. The average Bonchev–Trinajstić information content (AvgIpc) is 3.06. The van der Waals surface area contributed by atoms with Gasteiger partial charge < -0.3 is 10.2 Å². The lowest BCUT2D eigenvalue weighted by molar-refractivity contribution is -0.137. The van der Waals surface area contributed by atoms with E-state index in [2.05, 4.69) is 10.4 Å². The number of aryl methyl sites for hydroxylation is 1. The Labute approximate surface area is 159 Å². The molecule has 28 heavy (non-hydrogen) atoms. The molecule has 0 spiro atoms. The van der Waals surface area contributed by atoms with Crippen molar-refractivity contribution in [3.05, 3.63) is 42.2 Å². The molecule has 1 aromatic heterocycles. The molecule has 0 radical (unpaired) electrons. The molecule has 1 N–H and O–H groups in total. The van der Waals surface area contributed by atoms with Crippen molar-refractivity contribution < 1.29 is 26.4 Å². The van der Waals surface area contributed by atoms with Gasteiger partial charge >= 0.3 is 12.2 Å². The highest BCUT2D eigenvalue weighted by Gasteiger charge is 2.33. The molecule has 1 aliphatic heterocycles. The van der Waals surface area contributed by atoms with E-state index in [0.717, 1.165) is 28.6 Å². The number of halogens is 3. The summed E-state index contributed by atoms with van der Waals surface area (Å²) in [6.45, 7) is 0.408. The molecule has 1 saturated heterocycles. The van der Waals surface area contributed by atoms with Crippen molar-refractivity contribution in [2.45, 2.75) is 11.1 Å². The monoisotopic (exact) mass is 417 g/mol. The molecule has 0 atom stereocenters. The maximum absolute atomic E-state index is 12.6. The number of hydrogen-bond acceptors (Lipinski definition) is 4. The van der Waals surface area contributed by atoms with E-state index in [9.17, 15) is 26.4 Å². The van der Waals surface area contributed by atoms with Crippen LogP contribution in [0.4, 0.5) is 23.7 Å². The number of urea groups is 1. The number of sulfonamides is 1. The number of carbonyl (C=O) groups is 1. The van der Waals surface area contributed by atoms with Crippen molar-refractivity contribution in [2.75, 3.05) is 31.5 Å². The van der Waals surface area contributed by atoms with E-state index in [1.807, 2.05) is 0 Å². The number of aromatic nitrogens is 2. The highest BCUT2D eigenvalue weighted by atomic mass is 32.2. The first-order valence-electron chi connectivity index (χ1n) is 8.29. The second-order valence-electron chi connectivity index (χ2n) is 6.25. The number of amides is 2. The Morgan fingerprint density at radius 2 is 1.71 bits per heavy atom. The number of alkyl halides is 3. The predicted molar refractivity (Wildman–Crippen MR) is 94.0 cm³/mol. The zero-order valence-corrected chi connectivity index (χ0v) is 15.7. The first-order valence-corrected chi connectivity index (χ1v) is 9.73. The van der Waals surface area contributed by atoms with E-state index in [0.29, 0.717) is 5.69 Å². The predicted octanol–water partition coefficient (Wildman–Crippen LogP) is 1.98. The second kappa shape index (κ2) is 7.43. The quantitative estimate of drug-likeness (QED) is 0.827. The van der Waals surface area contributed by atoms with Gasteiger partial charge in [-0.2, -0.15) is 22.6 Å². The van der Waals surface area contributed by atoms with Crippen molar-refractivity contribution in [3.63, 3.8) is 0 Å². The minimum absolute atomic E-state index is 0.0455. The van der Waals surface area contributed by atoms with Gasteiger partial charge in [0.1, 0.15) is 0 Å². The van der Waals surface area contributed by atoms with E-state index in [4.69, 9.17) is 0 Å². The summed E-state index contributed by atoms with van der Waals surface area (Å²) in [5, 5.41) is 6.61. The summed E-state index contributed by atoms with van der Waals surface area (Å²) >= 11 is 0. The highest BCUT2D eigenvalue weighted by molar-refractivity contribution is 7.89. The zero-order valence-electron chi connectivity index (χ0n) is 14.8. The molecule has 8 nitrogen and oxygen atoms in total. The van der Waals surface area contributed by atoms with Gasteiger partial charge in [0.25, 0.3) is 0 Å². The van der Waals surface area contributed by atoms with Crippen LogP contribution in [0.2, 0.25) is 0 Å². The summed E-state index contributed by atoms with van der Waals surface area (Å²) in [5.74, 6) is 0. The molecular weight excluding hydrogens is 399 g/mol. The minimum Gasteiger partial charge on any atom is -0.322 e. The minimum atomic E-state index is -4.53. The second-order valence-corrected chi connectivity index (χ2v) is 8.18. The first-order chi connectivity index (χ1) is 13.1. The number of piperazine rings is 1. The molecule has 152 valence electrons. The molecular formula is C16H18F3N5O3S. The van der Waals surface area contributed by atoms with Crippen molar-refractivity contribution in [3.8, 4) is 0 Å². The molecule has 1 aromatic carbocycles. The molecule has 2 amide bonds. The van der Waals surface area contributed by atoms with Crippen molar-refractivity contribution in [1.82, 2.24) is 19.0 Å². The van der Waals surface area contributed by atoms with Crippen LogP contribution in [-0.2, 0) is 23.2 Å². The fourth-order valence-electron chi connectivity index (χ4n) is 2.78. The van der Waals surface area contributed by atoms with Crippen LogP contribution in [0.3, 0.4) is 0 Å². The van der Waals surface area contributed by atoms with E-state index in [1.54, 1.807) is 13.2 Å². The van der Waals surface area contributed by atoms with Crippen LogP contribution in [0.25, 0.3) is 0 Å². The van der Waals surface area contributed by atoms with E-state index in [1.165, 1.54) is 15.8 Å². The van der Waals surface area contributed by atoms with Gasteiger partial charge in [-0.1, -0.05) is 0 Å².